The number of fused-ring (bicyclic) bond motifs is 2. The molecular formula is C16H18. The molecule has 0 aliphatic heterocycles. The van der Waals surface area contributed by atoms with Gasteiger partial charge in [0.25, 0.3) is 0 Å². The van der Waals surface area contributed by atoms with E-state index in [-0.39, 0.29) is 0 Å². The van der Waals surface area contributed by atoms with Crippen molar-refractivity contribution in [2.24, 2.45) is 11.8 Å². The number of rotatable bonds is 1. The summed E-state index contributed by atoms with van der Waals surface area (Å²) in [5, 5.41) is 0. The predicted molar refractivity (Wildman–Crippen MR) is 68.3 cm³/mol. The molecule has 0 unspecified atom stereocenters. The molecule has 2 atom stereocenters. The normalized spacial score (nSPS) is 32.4. The molecule has 16 heavy (non-hydrogen) atoms. The van der Waals surface area contributed by atoms with Crippen LogP contribution in [0.25, 0.3) is 0 Å². The van der Waals surface area contributed by atoms with E-state index in [1.807, 2.05) is 0 Å². The highest BCUT2D eigenvalue weighted by molar-refractivity contribution is 5.28. The Morgan fingerprint density at radius 2 is 1.44 bits per heavy atom. The molecule has 0 amide bonds. The van der Waals surface area contributed by atoms with Crippen LogP contribution in [0.4, 0.5) is 0 Å². The Balaban J connectivity index is 1.99. The smallest absolute Gasteiger partial charge is 0.00359 e. The van der Waals surface area contributed by atoms with Crippen LogP contribution in [0.2, 0.25) is 0 Å². The average Bonchev–Trinajstić information content (AvgIpc) is 2.46. The number of benzene rings is 1. The predicted octanol–water partition coefficient (Wildman–Crippen LogP) is 4.31. The standard InChI is InChI=1S/C16H18/c1-2-7-13(8-3-1)16-14-9-4-5-10-15(16)12-6-11-14/h1-5,7-10,14-16H,6,11-12H2/t14-,15-/m1/s1. The number of hydrogen-bond donors (Lipinski definition) is 0. The van der Waals surface area contributed by atoms with E-state index in [1.54, 1.807) is 0 Å². The fourth-order valence-corrected chi connectivity index (χ4v) is 3.28. The zero-order valence-corrected chi connectivity index (χ0v) is 9.55. The van der Waals surface area contributed by atoms with Gasteiger partial charge in [-0.3, -0.25) is 0 Å². The minimum atomic E-state index is 0.713. The van der Waals surface area contributed by atoms with Gasteiger partial charge in [0.1, 0.15) is 0 Å². The largest absolute Gasteiger partial charge is 0.0808 e. The third kappa shape index (κ3) is 1.73. The highest BCUT2D eigenvalue weighted by Gasteiger charge is 2.32. The lowest BCUT2D eigenvalue weighted by atomic mass is 9.69. The van der Waals surface area contributed by atoms with Crippen LogP contribution in [0.5, 0.6) is 0 Å². The maximum absolute atomic E-state index is 2.41. The van der Waals surface area contributed by atoms with Gasteiger partial charge in [-0.15, -0.1) is 0 Å². The number of hydrogen-bond acceptors (Lipinski definition) is 0. The van der Waals surface area contributed by atoms with Crippen molar-refractivity contribution in [1.29, 1.82) is 0 Å². The third-order valence-electron chi connectivity index (χ3n) is 4.01. The molecule has 0 saturated heterocycles. The number of allylic oxidation sites excluding steroid dienone is 4. The van der Waals surface area contributed by atoms with Crippen LogP contribution in [0.1, 0.15) is 30.7 Å². The molecule has 2 aliphatic carbocycles. The lowest BCUT2D eigenvalue weighted by molar-refractivity contribution is 0.299. The van der Waals surface area contributed by atoms with Crippen LogP contribution in [-0.4, -0.2) is 0 Å². The molecule has 0 heteroatoms. The summed E-state index contributed by atoms with van der Waals surface area (Å²) in [4.78, 5) is 0. The maximum Gasteiger partial charge on any atom is -0.00359 e. The Kier molecular flexibility index (Phi) is 2.65. The van der Waals surface area contributed by atoms with Gasteiger partial charge in [-0.1, -0.05) is 61.1 Å². The van der Waals surface area contributed by atoms with Crippen molar-refractivity contribution < 1.29 is 0 Å². The van der Waals surface area contributed by atoms with Gasteiger partial charge in [0, 0.05) is 0 Å². The van der Waals surface area contributed by atoms with Crippen LogP contribution < -0.4 is 0 Å². The van der Waals surface area contributed by atoms with E-state index in [9.17, 15) is 0 Å². The van der Waals surface area contributed by atoms with Crippen molar-refractivity contribution in [3.8, 4) is 0 Å². The van der Waals surface area contributed by atoms with Crippen molar-refractivity contribution in [3.05, 3.63) is 60.2 Å². The van der Waals surface area contributed by atoms with Gasteiger partial charge in [0.05, 0.1) is 0 Å². The van der Waals surface area contributed by atoms with Gasteiger partial charge >= 0.3 is 0 Å². The Morgan fingerprint density at radius 3 is 2.06 bits per heavy atom. The van der Waals surface area contributed by atoms with E-state index in [0.717, 1.165) is 11.8 Å². The molecule has 0 aromatic heterocycles. The third-order valence-corrected chi connectivity index (χ3v) is 4.01. The first-order chi connectivity index (χ1) is 7.95. The summed E-state index contributed by atoms with van der Waals surface area (Å²) in [6.07, 6.45) is 13.4. The highest BCUT2D eigenvalue weighted by Crippen LogP contribution is 2.44. The summed E-state index contributed by atoms with van der Waals surface area (Å²) in [6.45, 7) is 0. The first kappa shape index (κ1) is 9.89. The van der Waals surface area contributed by atoms with E-state index in [1.165, 1.54) is 24.8 Å². The molecule has 1 aromatic rings. The molecule has 0 radical (unpaired) electrons. The minimum absolute atomic E-state index is 0.713. The van der Waals surface area contributed by atoms with Gasteiger partial charge in [-0.25, -0.2) is 0 Å². The quantitative estimate of drug-likeness (QED) is 0.648. The Morgan fingerprint density at radius 1 is 0.812 bits per heavy atom. The van der Waals surface area contributed by atoms with Crippen LogP contribution in [0.3, 0.4) is 0 Å². The summed E-state index contributed by atoms with van der Waals surface area (Å²) in [6, 6.07) is 11.0. The minimum Gasteiger partial charge on any atom is -0.0808 e. The van der Waals surface area contributed by atoms with Gasteiger partial charge < -0.3 is 0 Å². The van der Waals surface area contributed by atoms with Crippen LogP contribution >= 0.6 is 0 Å². The second kappa shape index (κ2) is 4.29. The lowest BCUT2D eigenvalue weighted by Crippen LogP contribution is -2.23. The summed E-state index contributed by atoms with van der Waals surface area (Å²) in [5.74, 6) is 2.21. The first-order valence-electron chi connectivity index (χ1n) is 6.35. The highest BCUT2D eigenvalue weighted by atomic mass is 14.4. The van der Waals surface area contributed by atoms with Gasteiger partial charge in [0.15, 0.2) is 0 Å². The SMILES string of the molecule is C1=C[C@@H]2CCC[C@@H](C=C1)C2c1ccccc1. The average molecular weight is 210 g/mol. The van der Waals surface area contributed by atoms with Crippen LogP contribution in [-0.2, 0) is 0 Å². The zero-order chi connectivity index (χ0) is 10.8. The molecule has 0 heterocycles. The summed E-state index contributed by atoms with van der Waals surface area (Å²) < 4.78 is 0. The lowest BCUT2D eigenvalue weighted by Gasteiger charge is -2.35. The molecule has 3 rings (SSSR count). The molecule has 2 aliphatic rings. The topological polar surface area (TPSA) is 0 Å². The van der Waals surface area contributed by atoms with E-state index < -0.39 is 0 Å². The van der Waals surface area contributed by atoms with Crippen LogP contribution in [0, 0.1) is 11.8 Å². The Labute approximate surface area is 97.7 Å². The van der Waals surface area contributed by atoms with E-state index in [0.29, 0.717) is 5.92 Å². The fraction of sp³-hybridized carbons (Fsp3) is 0.375. The summed E-state index contributed by atoms with van der Waals surface area (Å²) in [5.41, 5.74) is 1.52. The first-order valence-corrected chi connectivity index (χ1v) is 6.35. The summed E-state index contributed by atoms with van der Waals surface area (Å²) >= 11 is 0. The molecule has 0 nitrogen and oxygen atoms in total. The molecule has 1 aromatic carbocycles. The van der Waals surface area contributed by atoms with Gasteiger partial charge in [-0.05, 0) is 36.2 Å². The second-order valence-electron chi connectivity index (χ2n) is 4.96. The van der Waals surface area contributed by atoms with E-state index in [2.05, 4.69) is 54.6 Å². The molecule has 2 bridgehead atoms. The van der Waals surface area contributed by atoms with Crippen molar-refractivity contribution in [2.45, 2.75) is 25.2 Å². The fourth-order valence-electron chi connectivity index (χ4n) is 3.28. The molecule has 82 valence electrons. The molecule has 1 saturated carbocycles. The Hall–Kier alpha value is -1.30. The van der Waals surface area contributed by atoms with E-state index >= 15 is 0 Å². The zero-order valence-electron chi connectivity index (χ0n) is 9.55. The van der Waals surface area contributed by atoms with Gasteiger partial charge in [0.2, 0.25) is 0 Å². The Bertz CT molecular complexity index is 379. The molecule has 1 fully saturated rings. The molecule has 0 spiro atoms. The van der Waals surface area contributed by atoms with Crippen molar-refractivity contribution in [1.82, 2.24) is 0 Å². The molecular weight excluding hydrogens is 192 g/mol. The molecule has 0 N–H and O–H groups in total. The van der Waals surface area contributed by atoms with Crippen molar-refractivity contribution in [2.75, 3.05) is 0 Å². The van der Waals surface area contributed by atoms with Gasteiger partial charge in [-0.2, -0.15) is 0 Å². The summed E-state index contributed by atoms with van der Waals surface area (Å²) in [7, 11) is 0. The van der Waals surface area contributed by atoms with Crippen molar-refractivity contribution in [3.63, 3.8) is 0 Å². The van der Waals surface area contributed by atoms with Crippen molar-refractivity contribution >= 4 is 0 Å². The van der Waals surface area contributed by atoms with Crippen LogP contribution in [0.15, 0.2) is 54.6 Å². The maximum atomic E-state index is 2.41. The van der Waals surface area contributed by atoms with E-state index in [4.69, 9.17) is 0 Å². The second-order valence-corrected chi connectivity index (χ2v) is 4.96. The monoisotopic (exact) mass is 210 g/mol.